The maximum atomic E-state index is 8.83. The van der Waals surface area contributed by atoms with Crippen molar-refractivity contribution in [2.24, 2.45) is 5.41 Å². The number of rotatable bonds is 3. The number of nitriles is 1. The fraction of sp³-hybridized carbons (Fsp3) is 0.533. The summed E-state index contributed by atoms with van der Waals surface area (Å²) in [6.45, 7) is 10.5. The van der Waals surface area contributed by atoms with Crippen LogP contribution in [0.1, 0.15) is 19.8 Å². The van der Waals surface area contributed by atoms with Crippen molar-refractivity contribution in [2.45, 2.75) is 19.8 Å². The molecule has 0 radical (unpaired) electrons. The van der Waals surface area contributed by atoms with E-state index in [-0.39, 0.29) is 0 Å². The van der Waals surface area contributed by atoms with Gasteiger partial charge in [-0.1, -0.05) is 12.7 Å². The van der Waals surface area contributed by atoms with Crippen molar-refractivity contribution in [1.82, 2.24) is 10.2 Å². The Morgan fingerprint density at radius 2 is 2.00 bits per heavy atom. The third kappa shape index (κ3) is 2.65. The lowest BCUT2D eigenvalue weighted by Crippen LogP contribution is -2.58. The van der Waals surface area contributed by atoms with Crippen LogP contribution >= 0.6 is 0 Å². The lowest BCUT2D eigenvalue weighted by molar-refractivity contribution is 0.00530. The van der Waals surface area contributed by atoms with Gasteiger partial charge in [0.2, 0.25) is 0 Å². The van der Waals surface area contributed by atoms with E-state index < -0.39 is 0 Å². The van der Waals surface area contributed by atoms with E-state index in [1.54, 1.807) is 0 Å². The fourth-order valence-electron chi connectivity index (χ4n) is 2.73. The molecule has 2 rings (SSSR count). The van der Waals surface area contributed by atoms with Gasteiger partial charge in [0.25, 0.3) is 0 Å². The summed E-state index contributed by atoms with van der Waals surface area (Å²) in [5, 5.41) is 12.2. The van der Waals surface area contributed by atoms with Gasteiger partial charge in [-0.3, -0.25) is 0 Å². The van der Waals surface area contributed by atoms with Gasteiger partial charge in [0.05, 0.1) is 6.07 Å². The average Bonchev–Trinajstić information content (AvgIpc) is 2.37. The van der Waals surface area contributed by atoms with E-state index in [4.69, 9.17) is 5.26 Å². The third-order valence-corrected chi connectivity index (χ3v) is 4.02. The number of hydrogen-bond acceptors (Lipinski definition) is 3. The fourth-order valence-corrected chi connectivity index (χ4v) is 2.73. The lowest BCUT2D eigenvalue weighted by Gasteiger charge is -2.53. The standard InChI is InChI=1S/C15H21N3/c1-3-14(10-16)5-4-13(2)18-11-15(12-18)6-8-17-9-7-15/h3-5,17H,2,6-9,11-12H2,1H3/b5-4-,14-3+. The van der Waals surface area contributed by atoms with Crippen LogP contribution in [0, 0.1) is 16.7 Å². The third-order valence-electron chi connectivity index (χ3n) is 4.02. The minimum Gasteiger partial charge on any atom is -0.371 e. The number of likely N-dealkylation sites (tertiary alicyclic amines) is 1. The van der Waals surface area contributed by atoms with E-state index in [1.165, 1.54) is 12.8 Å². The largest absolute Gasteiger partial charge is 0.371 e. The zero-order valence-electron chi connectivity index (χ0n) is 11.1. The Morgan fingerprint density at radius 1 is 1.33 bits per heavy atom. The Kier molecular flexibility index (Phi) is 3.88. The molecule has 0 atom stereocenters. The van der Waals surface area contributed by atoms with Crippen molar-refractivity contribution in [3.8, 4) is 6.07 Å². The van der Waals surface area contributed by atoms with Crippen LogP contribution < -0.4 is 5.32 Å². The number of hydrogen-bond donors (Lipinski definition) is 1. The Hall–Kier alpha value is -1.53. The van der Waals surface area contributed by atoms with E-state index in [1.807, 2.05) is 25.2 Å². The Morgan fingerprint density at radius 3 is 2.56 bits per heavy atom. The maximum absolute atomic E-state index is 8.83. The quantitative estimate of drug-likeness (QED) is 0.610. The molecule has 1 N–H and O–H groups in total. The highest BCUT2D eigenvalue weighted by atomic mass is 15.2. The summed E-state index contributed by atoms with van der Waals surface area (Å²) in [5.41, 5.74) is 2.24. The Bertz CT molecular complexity index is 412. The highest BCUT2D eigenvalue weighted by Gasteiger charge is 2.43. The molecule has 1 spiro atoms. The van der Waals surface area contributed by atoms with Crippen LogP contribution in [0.25, 0.3) is 0 Å². The van der Waals surface area contributed by atoms with E-state index in [0.29, 0.717) is 11.0 Å². The monoisotopic (exact) mass is 243 g/mol. The molecule has 0 saturated carbocycles. The van der Waals surface area contributed by atoms with Gasteiger partial charge in [-0.25, -0.2) is 0 Å². The van der Waals surface area contributed by atoms with Gasteiger partial charge in [0, 0.05) is 29.8 Å². The summed E-state index contributed by atoms with van der Waals surface area (Å²) in [6, 6.07) is 2.15. The molecule has 0 aromatic heterocycles. The SMILES string of the molecule is C=C(/C=C\C(C#N)=C/C)N1CC2(CCNCC2)C1. The maximum Gasteiger partial charge on any atom is 0.0988 e. The van der Waals surface area contributed by atoms with Crippen LogP contribution in [0.2, 0.25) is 0 Å². The molecule has 2 heterocycles. The molecule has 0 amide bonds. The zero-order chi connectivity index (χ0) is 13.0. The molecule has 0 aliphatic carbocycles. The van der Waals surface area contributed by atoms with Crippen molar-refractivity contribution in [1.29, 1.82) is 5.26 Å². The van der Waals surface area contributed by atoms with Gasteiger partial charge in [-0.15, -0.1) is 0 Å². The van der Waals surface area contributed by atoms with E-state index in [9.17, 15) is 0 Å². The number of nitrogens with zero attached hydrogens (tertiary/aromatic N) is 2. The Balaban J connectivity index is 1.85. The second kappa shape index (κ2) is 5.41. The van der Waals surface area contributed by atoms with Gasteiger partial charge >= 0.3 is 0 Å². The minimum atomic E-state index is 0.528. The highest BCUT2D eigenvalue weighted by molar-refractivity contribution is 5.35. The molecule has 96 valence electrons. The van der Waals surface area contributed by atoms with Crippen molar-refractivity contribution < 1.29 is 0 Å². The number of allylic oxidation sites excluding steroid dienone is 4. The van der Waals surface area contributed by atoms with Crippen molar-refractivity contribution >= 4 is 0 Å². The first-order valence-corrected chi connectivity index (χ1v) is 6.58. The molecular weight excluding hydrogens is 222 g/mol. The minimum absolute atomic E-state index is 0.528. The zero-order valence-corrected chi connectivity index (χ0v) is 11.1. The van der Waals surface area contributed by atoms with Gasteiger partial charge in [-0.05, 0) is 45.0 Å². The predicted molar refractivity (Wildman–Crippen MR) is 73.8 cm³/mol. The molecule has 0 aromatic rings. The second-order valence-electron chi connectivity index (χ2n) is 5.29. The van der Waals surface area contributed by atoms with Crippen LogP contribution in [0.15, 0.2) is 36.1 Å². The molecule has 18 heavy (non-hydrogen) atoms. The molecule has 0 aromatic carbocycles. The number of nitrogens with one attached hydrogen (secondary N) is 1. The van der Waals surface area contributed by atoms with Crippen LogP contribution in [0.5, 0.6) is 0 Å². The predicted octanol–water partition coefficient (Wildman–Crippen LogP) is 2.21. The van der Waals surface area contributed by atoms with Gasteiger partial charge in [0.15, 0.2) is 0 Å². The second-order valence-corrected chi connectivity index (χ2v) is 5.29. The molecule has 3 nitrogen and oxygen atoms in total. The van der Waals surface area contributed by atoms with Gasteiger partial charge < -0.3 is 10.2 Å². The summed E-state index contributed by atoms with van der Waals surface area (Å²) in [5.74, 6) is 0. The normalized spacial score (nSPS) is 22.9. The topological polar surface area (TPSA) is 39.1 Å². The van der Waals surface area contributed by atoms with Crippen molar-refractivity contribution in [3.05, 3.63) is 36.1 Å². The molecule has 2 aliphatic rings. The first-order chi connectivity index (χ1) is 8.69. The molecular formula is C15H21N3. The molecule has 3 heteroatoms. The van der Waals surface area contributed by atoms with Crippen LogP contribution in [0.4, 0.5) is 0 Å². The van der Waals surface area contributed by atoms with Crippen LogP contribution in [0.3, 0.4) is 0 Å². The van der Waals surface area contributed by atoms with Crippen molar-refractivity contribution in [3.63, 3.8) is 0 Å². The summed E-state index contributed by atoms with van der Waals surface area (Å²) in [6.07, 6.45) is 8.16. The summed E-state index contributed by atoms with van der Waals surface area (Å²) < 4.78 is 0. The lowest BCUT2D eigenvalue weighted by atomic mass is 9.72. The number of piperidine rings is 1. The van der Waals surface area contributed by atoms with Gasteiger partial charge in [0.1, 0.15) is 0 Å². The molecule has 0 bridgehead atoms. The van der Waals surface area contributed by atoms with Gasteiger partial charge in [-0.2, -0.15) is 5.26 Å². The summed E-state index contributed by atoms with van der Waals surface area (Å²) in [4.78, 5) is 2.31. The Labute approximate surface area is 109 Å². The highest BCUT2D eigenvalue weighted by Crippen LogP contribution is 2.40. The van der Waals surface area contributed by atoms with E-state index in [0.717, 1.165) is 31.9 Å². The van der Waals surface area contributed by atoms with Crippen LogP contribution in [-0.4, -0.2) is 31.1 Å². The van der Waals surface area contributed by atoms with Crippen LogP contribution in [-0.2, 0) is 0 Å². The molecule has 2 saturated heterocycles. The first-order valence-electron chi connectivity index (χ1n) is 6.58. The molecule has 0 unspecified atom stereocenters. The average molecular weight is 243 g/mol. The molecule has 2 aliphatic heterocycles. The smallest absolute Gasteiger partial charge is 0.0988 e. The summed E-state index contributed by atoms with van der Waals surface area (Å²) in [7, 11) is 0. The summed E-state index contributed by atoms with van der Waals surface area (Å²) >= 11 is 0. The first kappa shape index (κ1) is 12.9. The van der Waals surface area contributed by atoms with Crippen molar-refractivity contribution in [2.75, 3.05) is 26.2 Å². The van der Waals surface area contributed by atoms with E-state index >= 15 is 0 Å². The van der Waals surface area contributed by atoms with E-state index in [2.05, 4.69) is 22.9 Å². The molecule has 2 fully saturated rings.